The smallest absolute Gasteiger partial charge is 0.374 e. The van der Waals surface area contributed by atoms with Crippen molar-refractivity contribution >= 4 is 8.05 Å². The molecular formula is C6H5BO. The summed E-state index contributed by atoms with van der Waals surface area (Å²) in [5.74, 6) is 0.688. The van der Waals surface area contributed by atoms with E-state index in [0.29, 0.717) is 5.75 Å². The Bertz CT molecular complexity index is 150. The van der Waals surface area contributed by atoms with Gasteiger partial charge in [0, 0.05) is 0 Å². The minimum Gasteiger partial charge on any atom is -0.568 e. The molecular weight excluding hydrogens is 98.9 g/mol. The van der Waals surface area contributed by atoms with Crippen LogP contribution in [0, 0.1) is 0 Å². The summed E-state index contributed by atoms with van der Waals surface area (Å²) in [6, 6.07) is 9.22. The molecule has 0 saturated heterocycles. The van der Waals surface area contributed by atoms with Gasteiger partial charge in [0.1, 0.15) is 0 Å². The molecule has 0 aliphatic heterocycles. The maximum absolute atomic E-state index is 4.85. The van der Waals surface area contributed by atoms with Crippen LogP contribution in [0.15, 0.2) is 30.3 Å². The third-order valence-electron chi connectivity index (χ3n) is 0.879. The van der Waals surface area contributed by atoms with Crippen molar-refractivity contribution in [2.24, 2.45) is 0 Å². The van der Waals surface area contributed by atoms with Crippen LogP contribution in [0.5, 0.6) is 5.75 Å². The summed E-state index contributed by atoms with van der Waals surface area (Å²) in [6.07, 6.45) is 0. The lowest BCUT2D eigenvalue weighted by Crippen LogP contribution is -1.81. The van der Waals surface area contributed by atoms with Crippen molar-refractivity contribution in [2.75, 3.05) is 0 Å². The van der Waals surface area contributed by atoms with Gasteiger partial charge in [-0.15, -0.1) is 0 Å². The van der Waals surface area contributed by atoms with Gasteiger partial charge in [0.2, 0.25) is 0 Å². The molecule has 1 aromatic carbocycles. The third-order valence-corrected chi connectivity index (χ3v) is 0.879. The largest absolute Gasteiger partial charge is 0.568 e. The van der Waals surface area contributed by atoms with Gasteiger partial charge in [-0.2, -0.15) is 0 Å². The highest BCUT2D eigenvalue weighted by molar-refractivity contribution is 5.99. The van der Waals surface area contributed by atoms with Crippen molar-refractivity contribution in [1.29, 1.82) is 0 Å². The number of hydrogen-bond acceptors (Lipinski definition) is 1. The first kappa shape index (κ1) is 5.23. The molecule has 0 N–H and O–H groups in total. The van der Waals surface area contributed by atoms with E-state index in [4.69, 9.17) is 8.05 Å². The maximum atomic E-state index is 4.85. The van der Waals surface area contributed by atoms with E-state index in [9.17, 15) is 0 Å². The van der Waals surface area contributed by atoms with Gasteiger partial charge < -0.3 is 4.65 Å². The van der Waals surface area contributed by atoms with Crippen LogP contribution in [-0.2, 0) is 0 Å². The zero-order valence-corrected chi connectivity index (χ0v) is 4.37. The van der Waals surface area contributed by atoms with Gasteiger partial charge in [-0.1, -0.05) is 18.2 Å². The van der Waals surface area contributed by atoms with Crippen LogP contribution in [0.4, 0.5) is 0 Å². The average Bonchev–Trinajstić information content (AvgIpc) is 1.90. The molecule has 0 heterocycles. The molecule has 0 atom stereocenters. The van der Waals surface area contributed by atoms with Crippen molar-refractivity contribution in [3.8, 4) is 5.75 Å². The first-order valence-electron chi connectivity index (χ1n) is 2.35. The van der Waals surface area contributed by atoms with Crippen LogP contribution in [0.3, 0.4) is 0 Å². The molecule has 2 heteroatoms. The van der Waals surface area contributed by atoms with Gasteiger partial charge in [0.25, 0.3) is 0 Å². The van der Waals surface area contributed by atoms with Crippen LogP contribution < -0.4 is 4.65 Å². The number of benzene rings is 1. The molecule has 0 aromatic heterocycles. The summed E-state index contributed by atoms with van der Waals surface area (Å²) >= 11 is 0. The third kappa shape index (κ3) is 1.03. The molecule has 1 nitrogen and oxygen atoms in total. The molecule has 1 aromatic rings. The topological polar surface area (TPSA) is 9.23 Å². The second kappa shape index (κ2) is 2.41. The van der Waals surface area contributed by atoms with Crippen LogP contribution >= 0.6 is 0 Å². The summed E-state index contributed by atoms with van der Waals surface area (Å²) in [6.45, 7) is 0. The first-order chi connectivity index (χ1) is 3.93. The Balaban J connectivity index is 2.83. The fraction of sp³-hybridized carbons (Fsp3) is 0. The second-order valence-corrected chi connectivity index (χ2v) is 1.43. The molecule has 0 aliphatic rings. The van der Waals surface area contributed by atoms with Gasteiger partial charge in [-0.05, 0) is 12.1 Å². The standard InChI is InChI=1S/C6H5BO/c7-8-6-4-2-1-3-5-6/h1-5H. The number of para-hydroxylation sites is 1. The number of rotatable bonds is 1. The lowest BCUT2D eigenvalue weighted by Gasteiger charge is -1.94. The van der Waals surface area contributed by atoms with Gasteiger partial charge in [-0.3, -0.25) is 0 Å². The van der Waals surface area contributed by atoms with E-state index in [1.165, 1.54) is 0 Å². The summed E-state index contributed by atoms with van der Waals surface area (Å²) < 4.78 is 4.41. The summed E-state index contributed by atoms with van der Waals surface area (Å²) in [5, 5.41) is 0. The van der Waals surface area contributed by atoms with E-state index >= 15 is 0 Å². The van der Waals surface area contributed by atoms with Gasteiger partial charge >= 0.3 is 8.05 Å². The Morgan fingerprint density at radius 2 is 1.75 bits per heavy atom. The van der Waals surface area contributed by atoms with Crippen molar-refractivity contribution in [3.63, 3.8) is 0 Å². The zero-order chi connectivity index (χ0) is 5.82. The second-order valence-electron chi connectivity index (χ2n) is 1.43. The van der Waals surface area contributed by atoms with E-state index in [1.807, 2.05) is 18.2 Å². The number of hydrogen-bond donors (Lipinski definition) is 0. The molecule has 1 rings (SSSR count). The predicted molar refractivity (Wildman–Crippen MR) is 32.8 cm³/mol. The van der Waals surface area contributed by atoms with Crippen molar-refractivity contribution in [3.05, 3.63) is 30.3 Å². The lowest BCUT2D eigenvalue weighted by molar-refractivity contribution is 0.616. The van der Waals surface area contributed by atoms with Crippen molar-refractivity contribution in [2.45, 2.75) is 0 Å². The first-order valence-corrected chi connectivity index (χ1v) is 2.35. The molecule has 8 heavy (non-hydrogen) atoms. The van der Waals surface area contributed by atoms with Gasteiger partial charge in [0.15, 0.2) is 0 Å². The molecule has 0 saturated carbocycles. The van der Waals surface area contributed by atoms with Crippen molar-refractivity contribution in [1.82, 2.24) is 0 Å². The Morgan fingerprint density at radius 1 is 1.12 bits per heavy atom. The summed E-state index contributed by atoms with van der Waals surface area (Å²) in [5.41, 5.74) is 0. The highest BCUT2D eigenvalue weighted by atomic mass is 16.4. The molecule has 2 radical (unpaired) electrons. The summed E-state index contributed by atoms with van der Waals surface area (Å²) in [4.78, 5) is 0. The predicted octanol–water partition coefficient (Wildman–Crippen LogP) is 1.15. The van der Waals surface area contributed by atoms with E-state index in [-0.39, 0.29) is 0 Å². The monoisotopic (exact) mass is 104 g/mol. The SMILES string of the molecule is [B]Oc1ccccc1. The highest BCUT2D eigenvalue weighted by Crippen LogP contribution is 2.05. The molecule has 0 bridgehead atoms. The summed E-state index contributed by atoms with van der Waals surface area (Å²) in [7, 11) is 4.85. The van der Waals surface area contributed by atoms with Crippen LogP contribution in [0.2, 0.25) is 0 Å². The van der Waals surface area contributed by atoms with E-state index in [2.05, 4.69) is 4.65 Å². The van der Waals surface area contributed by atoms with Gasteiger partial charge in [0.05, 0.1) is 5.75 Å². The van der Waals surface area contributed by atoms with Crippen LogP contribution in [-0.4, -0.2) is 8.05 Å². The molecule has 38 valence electrons. The van der Waals surface area contributed by atoms with Gasteiger partial charge in [-0.25, -0.2) is 0 Å². The molecule has 0 aliphatic carbocycles. The highest BCUT2D eigenvalue weighted by Gasteiger charge is 1.80. The maximum Gasteiger partial charge on any atom is 0.374 e. The van der Waals surface area contributed by atoms with Crippen LogP contribution in [0.25, 0.3) is 0 Å². The lowest BCUT2D eigenvalue weighted by atomic mass is 10.3. The van der Waals surface area contributed by atoms with Crippen LogP contribution in [0.1, 0.15) is 0 Å². The normalized spacial score (nSPS) is 8.50. The average molecular weight is 104 g/mol. The van der Waals surface area contributed by atoms with E-state index in [1.54, 1.807) is 12.1 Å². The zero-order valence-electron chi connectivity index (χ0n) is 4.37. The molecule has 0 fully saturated rings. The van der Waals surface area contributed by atoms with E-state index < -0.39 is 0 Å². The minimum absolute atomic E-state index is 0.688. The Labute approximate surface area is 49.7 Å². The Kier molecular flexibility index (Phi) is 1.57. The fourth-order valence-electron chi connectivity index (χ4n) is 0.499. The van der Waals surface area contributed by atoms with E-state index in [0.717, 1.165) is 0 Å². The quantitative estimate of drug-likeness (QED) is 0.485. The van der Waals surface area contributed by atoms with Crippen molar-refractivity contribution < 1.29 is 4.65 Å². The minimum atomic E-state index is 0.688. The molecule has 0 amide bonds. The molecule has 0 unspecified atom stereocenters. The fourth-order valence-corrected chi connectivity index (χ4v) is 0.499. The Hall–Kier alpha value is -0.915. The Morgan fingerprint density at radius 3 is 2.12 bits per heavy atom. The molecule has 0 spiro atoms.